The van der Waals surface area contributed by atoms with Gasteiger partial charge in [-0.25, -0.2) is 0 Å². The second-order valence-electron chi connectivity index (χ2n) is 13.8. The van der Waals surface area contributed by atoms with Crippen molar-refractivity contribution in [2.24, 2.45) is 0 Å². The molecule has 1 nitrogen and oxygen atoms in total. The quantitative estimate of drug-likeness (QED) is 0.177. The lowest BCUT2D eigenvalue weighted by molar-refractivity contribution is 0.666. The Morgan fingerprint density at radius 3 is 1.92 bits per heavy atom. The molecule has 8 aromatic rings. The summed E-state index contributed by atoms with van der Waals surface area (Å²) in [6, 6.07) is 64.6. The van der Waals surface area contributed by atoms with Crippen molar-refractivity contribution in [2.75, 3.05) is 4.90 Å². The van der Waals surface area contributed by atoms with E-state index in [0.29, 0.717) is 0 Å². The van der Waals surface area contributed by atoms with Gasteiger partial charge in [-0.1, -0.05) is 153 Å². The highest BCUT2D eigenvalue weighted by atomic mass is 15.1. The lowest BCUT2D eigenvalue weighted by Gasteiger charge is -2.30. The second kappa shape index (κ2) is 11.6. The maximum Gasteiger partial charge on any atom is 0.0496 e. The van der Waals surface area contributed by atoms with Gasteiger partial charge in [-0.3, -0.25) is 0 Å². The number of rotatable bonds is 6. The van der Waals surface area contributed by atoms with Crippen LogP contribution in [0, 0.1) is 0 Å². The van der Waals surface area contributed by atoms with Crippen molar-refractivity contribution >= 4 is 38.6 Å². The number of hydrogen-bond acceptors (Lipinski definition) is 1. The predicted octanol–water partition coefficient (Wildman–Crippen LogP) is 13.0. The number of anilines is 3. The summed E-state index contributed by atoms with van der Waals surface area (Å²) in [5.74, 6) is 0. The average molecular weight is 628 g/mol. The summed E-state index contributed by atoms with van der Waals surface area (Å²) < 4.78 is 0. The number of fused-ring (bicyclic) bond motifs is 6. The molecule has 0 heterocycles. The van der Waals surface area contributed by atoms with Crippen molar-refractivity contribution in [3.05, 3.63) is 198 Å². The monoisotopic (exact) mass is 627 g/mol. The molecule has 1 aliphatic carbocycles. The fourth-order valence-electron chi connectivity index (χ4n) is 8.11. The summed E-state index contributed by atoms with van der Waals surface area (Å²) in [5.41, 5.74) is 13.9. The largest absolute Gasteiger partial charge is 0.310 e. The molecule has 0 spiro atoms. The molecular formula is C48H37N. The van der Waals surface area contributed by atoms with Crippen molar-refractivity contribution in [2.45, 2.75) is 25.7 Å². The average Bonchev–Trinajstić information content (AvgIpc) is 3.38. The third-order valence-corrected chi connectivity index (χ3v) is 10.4. The number of hydrogen-bond donors (Lipinski definition) is 0. The van der Waals surface area contributed by atoms with Gasteiger partial charge in [0, 0.05) is 22.5 Å². The molecule has 0 bridgehead atoms. The van der Waals surface area contributed by atoms with Crippen LogP contribution in [0.4, 0.5) is 17.1 Å². The molecule has 0 N–H and O–H groups in total. The van der Waals surface area contributed by atoms with Crippen LogP contribution in [0.15, 0.2) is 176 Å². The Morgan fingerprint density at radius 2 is 1.10 bits per heavy atom. The normalized spacial score (nSPS) is 12.9. The maximum atomic E-state index is 2.47. The summed E-state index contributed by atoms with van der Waals surface area (Å²) in [5, 5.41) is 5.12. The molecule has 1 aliphatic rings. The molecule has 0 unspecified atom stereocenters. The standard InChI is InChI=1S/C48H37N/c1-48(2)45-31-39(27-28-41(45)44-32-43(35-18-7-4-8-19-35)40-22-12-13-23-42(40)47(44)48)49(38-26-25-34-17-9-10-20-36(34)30-38)46-24-14-11-21-37(46)29-33-15-5-3-6-16-33/h3-28,30-32H,29H2,1-2H3. The van der Waals surface area contributed by atoms with Gasteiger partial charge in [0.25, 0.3) is 0 Å². The van der Waals surface area contributed by atoms with Crippen LogP contribution in [0.25, 0.3) is 43.8 Å². The summed E-state index contributed by atoms with van der Waals surface area (Å²) >= 11 is 0. The molecule has 1 heteroatoms. The predicted molar refractivity (Wildman–Crippen MR) is 208 cm³/mol. The SMILES string of the molecule is CC1(C)c2cc(N(c3ccc4ccccc4c3)c3ccccc3Cc3ccccc3)ccc2-c2cc(-c3ccccc3)c3ccccc3c21. The summed E-state index contributed by atoms with van der Waals surface area (Å²) in [4.78, 5) is 2.47. The van der Waals surface area contributed by atoms with Crippen molar-refractivity contribution in [3.8, 4) is 22.3 Å². The Morgan fingerprint density at radius 1 is 0.469 bits per heavy atom. The Kier molecular flexibility index (Phi) is 6.95. The zero-order chi connectivity index (χ0) is 33.0. The van der Waals surface area contributed by atoms with Crippen LogP contribution in [-0.2, 0) is 11.8 Å². The number of nitrogens with zero attached hydrogens (tertiary/aromatic N) is 1. The first-order chi connectivity index (χ1) is 24.1. The first kappa shape index (κ1) is 29.2. The molecule has 0 saturated carbocycles. The Hall–Kier alpha value is -5.92. The fraction of sp³-hybridized carbons (Fsp3) is 0.0833. The molecule has 0 fully saturated rings. The van der Waals surface area contributed by atoms with E-state index in [1.54, 1.807) is 0 Å². The van der Waals surface area contributed by atoms with Crippen LogP contribution >= 0.6 is 0 Å². The van der Waals surface area contributed by atoms with Crippen LogP contribution in [0.2, 0.25) is 0 Å². The van der Waals surface area contributed by atoms with Crippen LogP contribution in [0.1, 0.15) is 36.1 Å². The van der Waals surface area contributed by atoms with Crippen molar-refractivity contribution in [3.63, 3.8) is 0 Å². The van der Waals surface area contributed by atoms with E-state index < -0.39 is 0 Å². The van der Waals surface area contributed by atoms with Crippen molar-refractivity contribution in [1.82, 2.24) is 0 Å². The minimum absolute atomic E-state index is 0.186. The smallest absolute Gasteiger partial charge is 0.0496 e. The van der Waals surface area contributed by atoms with E-state index in [0.717, 1.165) is 12.1 Å². The van der Waals surface area contributed by atoms with E-state index in [-0.39, 0.29) is 5.41 Å². The zero-order valence-corrected chi connectivity index (χ0v) is 27.9. The number of para-hydroxylation sites is 1. The molecule has 0 radical (unpaired) electrons. The van der Waals surface area contributed by atoms with Gasteiger partial charge in [-0.05, 0) is 109 Å². The van der Waals surface area contributed by atoms with Crippen LogP contribution in [-0.4, -0.2) is 0 Å². The zero-order valence-electron chi connectivity index (χ0n) is 27.9. The highest BCUT2D eigenvalue weighted by Gasteiger charge is 2.38. The van der Waals surface area contributed by atoms with Gasteiger partial charge in [0.05, 0.1) is 0 Å². The first-order valence-electron chi connectivity index (χ1n) is 17.2. The Bertz CT molecular complexity index is 2490. The van der Waals surface area contributed by atoms with Crippen molar-refractivity contribution in [1.29, 1.82) is 0 Å². The minimum atomic E-state index is -0.186. The van der Waals surface area contributed by atoms with Crippen LogP contribution < -0.4 is 4.90 Å². The maximum absolute atomic E-state index is 2.47. The molecule has 0 atom stereocenters. The Balaban J connectivity index is 1.25. The van der Waals surface area contributed by atoms with Gasteiger partial charge in [-0.15, -0.1) is 0 Å². The molecule has 9 rings (SSSR count). The van der Waals surface area contributed by atoms with Gasteiger partial charge in [0.15, 0.2) is 0 Å². The molecule has 0 amide bonds. The molecular weight excluding hydrogens is 591 g/mol. The molecule has 0 aromatic heterocycles. The van der Waals surface area contributed by atoms with Gasteiger partial charge in [-0.2, -0.15) is 0 Å². The fourth-order valence-corrected chi connectivity index (χ4v) is 8.11. The third kappa shape index (κ3) is 4.93. The van der Waals surface area contributed by atoms with E-state index >= 15 is 0 Å². The van der Waals surface area contributed by atoms with Gasteiger partial charge in [0.2, 0.25) is 0 Å². The number of benzene rings is 8. The van der Waals surface area contributed by atoms with E-state index in [2.05, 4.69) is 195 Å². The third-order valence-electron chi connectivity index (χ3n) is 10.4. The molecule has 0 aliphatic heterocycles. The van der Waals surface area contributed by atoms with Gasteiger partial charge >= 0.3 is 0 Å². The van der Waals surface area contributed by atoms with E-state index in [1.165, 1.54) is 77.4 Å². The summed E-state index contributed by atoms with van der Waals surface area (Å²) in [6.07, 6.45) is 0.858. The van der Waals surface area contributed by atoms with E-state index in [4.69, 9.17) is 0 Å². The molecule has 8 aromatic carbocycles. The molecule has 234 valence electrons. The Labute approximate surface area is 288 Å². The van der Waals surface area contributed by atoms with Gasteiger partial charge in [0.1, 0.15) is 0 Å². The lowest BCUT2D eigenvalue weighted by atomic mass is 9.79. The second-order valence-corrected chi connectivity index (χ2v) is 13.8. The van der Waals surface area contributed by atoms with Crippen LogP contribution in [0.5, 0.6) is 0 Å². The summed E-state index contributed by atoms with van der Waals surface area (Å²) in [7, 11) is 0. The first-order valence-corrected chi connectivity index (χ1v) is 17.2. The molecule has 49 heavy (non-hydrogen) atoms. The minimum Gasteiger partial charge on any atom is -0.310 e. The van der Waals surface area contributed by atoms with Crippen molar-refractivity contribution < 1.29 is 0 Å². The van der Waals surface area contributed by atoms with E-state index in [1.807, 2.05) is 0 Å². The highest BCUT2D eigenvalue weighted by Crippen LogP contribution is 2.54. The van der Waals surface area contributed by atoms with Crippen LogP contribution in [0.3, 0.4) is 0 Å². The summed E-state index contributed by atoms with van der Waals surface area (Å²) in [6.45, 7) is 4.81. The van der Waals surface area contributed by atoms with E-state index in [9.17, 15) is 0 Å². The lowest BCUT2D eigenvalue weighted by Crippen LogP contribution is -2.17. The highest BCUT2D eigenvalue weighted by molar-refractivity contribution is 6.06. The topological polar surface area (TPSA) is 3.24 Å². The molecule has 0 saturated heterocycles. The van der Waals surface area contributed by atoms with Gasteiger partial charge < -0.3 is 4.90 Å².